The molecule has 154 valence electrons. The minimum Gasteiger partial charge on any atom is -0.493 e. The van der Waals surface area contributed by atoms with Crippen molar-refractivity contribution in [2.24, 2.45) is 5.92 Å². The van der Waals surface area contributed by atoms with Crippen molar-refractivity contribution in [1.29, 1.82) is 0 Å². The molecule has 1 heterocycles. The average molecular weight is 440 g/mol. The third kappa shape index (κ3) is 4.21. The summed E-state index contributed by atoms with van der Waals surface area (Å²) in [5, 5.41) is 0.423. The zero-order valence-electron chi connectivity index (χ0n) is 16.0. The number of hydrogen-bond acceptors (Lipinski definition) is 6. The van der Waals surface area contributed by atoms with Crippen LogP contribution in [0.3, 0.4) is 0 Å². The smallest absolute Gasteiger partial charge is 0.316 e. The Balaban J connectivity index is 1.81. The molecule has 0 saturated carbocycles. The molecule has 0 spiro atoms. The van der Waals surface area contributed by atoms with E-state index in [0.717, 1.165) is 0 Å². The number of nitrogens with zero attached hydrogens (tertiary/aromatic N) is 1. The summed E-state index contributed by atoms with van der Waals surface area (Å²) in [6.07, 6.45) is 0.00762. The molecule has 0 aromatic heterocycles. The highest BCUT2D eigenvalue weighted by molar-refractivity contribution is 6.43. The number of methoxy groups -OCH3 is 3. The van der Waals surface area contributed by atoms with Crippen LogP contribution in [0.4, 0.5) is 5.69 Å². The molecule has 0 aliphatic carbocycles. The van der Waals surface area contributed by atoms with Gasteiger partial charge in [-0.05, 0) is 12.1 Å². The average Bonchev–Trinajstić information content (AvgIpc) is 3.12. The van der Waals surface area contributed by atoms with Crippen LogP contribution in [-0.4, -0.2) is 39.8 Å². The Bertz CT molecular complexity index is 924. The summed E-state index contributed by atoms with van der Waals surface area (Å²) >= 11 is 12.0. The number of anilines is 1. The number of ether oxygens (including phenoxy) is 4. The first-order chi connectivity index (χ1) is 13.9. The zero-order valence-corrected chi connectivity index (χ0v) is 17.5. The lowest BCUT2D eigenvalue weighted by molar-refractivity contribution is -0.139. The van der Waals surface area contributed by atoms with Crippen LogP contribution in [-0.2, 0) is 9.59 Å². The summed E-state index contributed by atoms with van der Waals surface area (Å²) in [7, 11) is 4.47. The lowest BCUT2D eigenvalue weighted by Gasteiger charge is -2.20. The maximum absolute atomic E-state index is 12.6. The van der Waals surface area contributed by atoms with E-state index >= 15 is 0 Å². The molecular weight excluding hydrogens is 421 g/mol. The molecule has 0 radical (unpaired) electrons. The van der Waals surface area contributed by atoms with E-state index in [1.807, 2.05) is 0 Å². The van der Waals surface area contributed by atoms with Gasteiger partial charge in [-0.3, -0.25) is 9.59 Å². The van der Waals surface area contributed by atoms with Gasteiger partial charge in [0.05, 0.1) is 38.0 Å². The van der Waals surface area contributed by atoms with Gasteiger partial charge in [-0.1, -0.05) is 29.3 Å². The van der Waals surface area contributed by atoms with E-state index in [-0.39, 0.29) is 34.7 Å². The van der Waals surface area contributed by atoms with E-state index in [1.54, 1.807) is 30.3 Å². The zero-order chi connectivity index (χ0) is 21.1. The first kappa shape index (κ1) is 21.1. The summed E-state index contributed by atoms with van der Waals surface area (Å²) in [4.78, 5) is 26.6. The lowest BCUT2D eigenvalue weighted by Crippen LogP contribution is -2.27. The van der Waals surface area contributed by atoms with Gasteiger partial charge in [-0.2, -0.15) is 0 Å². The lowest BCUT2D eigenvalue weighted by atomic mass is 10.1. The molecule has 1 aliphatic rings. The van der Waals surface area contributed by atoms with Gasteiger partial charge in [0.2, 0.25) is 11.7 Å². The van der Waals surface area contributed by atoms with Crippen molar-refractivity contribution in [3.05, 3.63) is 40.4 Å². The molecule has 0 unspecified atom stereocenters. The van der Waals surface area contributed by atoms with Crippen LogP contribution in [0.2, 0.25) is 10.0 Å². The molecule has 9 heteroatoms. The molecule has 1 atom stereocenters. The first-order valence-electron chi connectivity index (χ1n) is 8.65. The molecule has 1 saturated heterocycles. The van der Waals surface area contributed by atoms with Crippen molar-refractivity contribution in [3.8, 4) is 23.0 Å². The van der Waals surface area contributed by atoms with Crippen LogP contribution in [0, 0.1) is 5.92 Å². The van der Waals surface area contributed by atoms with Crippen LogP contribution in [0.25, 0.3) is 0 Å². The quantitative estimate of drug-likeness (QED) is 0.500. The van der Waals surface area contributed by atoms with Gasteiger partial charge < -0.3 is 23.8 Å². The monoisotopic (exact) mass is 439 g/mol. The van der Waals surface area contributed by atoms with Gasteiger partial charge in [0, 0.05) is 25.1 Å². The topological polar surface area (TPSA) is 74.3 Å². The fourth-order valence-corrected chi connectivity index (χ4v) is 3.42. The molecule has 29 heavy (non-hydrogen) atoms. The van der Waals surface area contributed by atoms with Crippen LogP contribution in [0.5, 0.6) is 23.0 Å². The highest BCUT2D eigenvalue weighted by Crippen LogP contribution is 2.42. The van der Waals surface area contributed by atoms with Gasteiger partial charge in [0.25, 0.3) is 0 Å². The number of esters is 1. The Morgan fingerprint density at radius 1 is 1.03 bits per heavy atom. The standard InChI is InChI=1S/C20H19Cl2NO6/c1-26-15-8-12(9-16(27-2)19(15)28-3)23-10-11(7-17(23)24)20(25)29-14-6-4-5-13(21)18(14)22/h4-6,8-9,11H,7,10H2,1-3H3/t11-/m0/s1. The number of carbonyl (C=O) groups excluding carboxylic acids is 2. The number of halogens is 2. The van der Waals surface area contributed by atoms with Crippen molar-refractivity contribution in [2.75, 3.05) is 32.8 Å². The summed E-state index contributed by atoms with van der Waals surface area (Å²) in [6, 6.07) is 8.06. The SMILES string of the molecule is COc1cc(N2C[C@@H](C(=O)Oc3cccc(Cl)c3Cl)CC2=O)cc(OC)c1OC. The molecule has 0 N–H and O–H groups in total. The Labute approximate surface area is 178 Å². The molecule has 0 bridgehead atoms. The molecule has 1 aliphatic heterocycles. The molecule has 2 aromatic carbocycles. The van der Waals surface area contributed by atoms with Crippen molar-refractivity contribution in [3.63, 3.8) is 0 Å². The van der Waals surface area contributed by atoms with Gasteiger partial charge >= 0.3 is 5.97 Å². The fraction of sp³-hybridized carbons (Fsp3) is 0.300. The number of hydrogen-bond donors (Lipinski definition) is 0. The van der Waals surface area contributed by atoms with Crippen molar-refractivity contribution in [2.45, 2.75) is 6.42 Å². The molecular formula is C20H19Cl2NO6. The van der Waals surface area contributed by atoms with Gasteiger partial charge in [-0.25, -0.2) is 0 Å². The van der Waals surface area contributed by atoms with Gasteiger partial charge in [0.1, 0.15) is 5.02 Å². The maximum Gasteiger partial charge on any atom is 0.316 e. The second-order valence-corrected chi connectivity index (χ2v) is 7.05. The second kappa shape index (κ2) is 8.80. The summed E-state index contributed by atoms with van der Waals surface area (Å²) in [6.45, 7) is 0.147. The van der Waals surface area contributed by atoms with Crippen molar-refractivity contribution in [1.82, 2.24) is 0 Å². The fourth-order valence-electron chi connectivity index (χ4n) is 3.09. The molecule has 1 fully saturated rings. The van der Waals surface area contributed by atoms with Crippen LogP contribution < -0.4 is 23.8 Å². The molecule has 7 nitrogen and oxygen atoms in total. The van der Waals surface area contributed by atoms with E-state index in [4.69, 9.17) is 42.1 Å². The van der Waals surface area contributed by atoms with E-state index < -0.39 is 11.9 Å². The predicted octanol–water partition coefficient (Wildman–Crippen LogP) is 3.98. The van der Waals surface area contributed by atoms with Crippen molar-refractivity contribution < 1.29 is 28.5 Å². The summed E-state index contributed by atoms with van der Waals surface area (Å²) in [5.41, 5.74) is 0.528. The first-order valence-corrected chi connectivity index (χ1v) is 9.41. The minimum atomic E-state index is -0.656. The van der Waals surface area contributed by atoms with Crippen LogP contribution in [0.1, 0.15) is 6.42 Å². The third-order valence-electron chi connectivity index (χ3n) is 4.55. The maximum atomic E-state index is 12.6. The molecule has 1 amide bonds. The highest BCUT2D eigenvalue weighted by Gasteiger charge is 2.37. The molecule has 3 rings (SSSR count). The number of benzene rings is 2. The predicted molar refractivity (Wildman–Crippen MR) is 109 cm³/mol. The number of carbonyl (C=O) groups is 2. The largest absolute Gasteiger partial charge is 0.493 e. The normalized spacial score (nSPS) is 16.0. The number of amides is 1. The Morgan fingerprint density at radius 2 is 1.69 bits per heavy atom. The van der Waals surface area contributed by atoms with E-state index in [1.165, 1.54) is 26.2 Å². The van der Waals surface area contributed by atoms with Crippen LogP contribution in [0.15, 0.2) is 30.3 Å². The van der Waals surface area contributed by atoms with Gasteiger partial charge in [0.15, 0.2) is 17.2 Å². The third-order valence-corrected chi connectivity index (χ3v) is 5.35. The van der Waals surface area contributed by atoms with Crippen molar-refractivity contribution >= 4 is 40.8 Å². The molecule has 2 aromatic rings. The Hall–Kier alpha value is -2.64. The summed E-state index contributed by atoms with van der Waals surface area (Å²) < 4.78 is 21.3. The van der Waals surface area contributed by atoms with E-state index in [2.05, 4.69) is 0 Å². The van der Waals surface area contributed by atoms with E-state index in [9.17, 15) is 9.59 Å². The summed E-state index contributed by atoms with van der Waals surface area (Å²) in [5.74, 6) is -0.0508. The Kier molecular flexibility index (Phi) is 6.39. The minimum absolute atomic E-state index is 0.00762. The Morgan fingerprint density at radius 3 is 2.28 bits per heavy atom. The highest BCUT2D eigenvalue weighted by atomic mass is 35.5. The van der Waals surface area contributed by atoms with Gasteiger partial charge in [-0.15, -0.1) is 0 Å². The number of rotatable bonds is 6. The van der Waals surface area contributed by atoms with E-state index in [0.29, 0.717) is 22.9 Å². The second-order valence-electron chi connectivity index (χ2n) is 6.26. The van der Waals surface area contributed by atoms with Crippen LogP contribution >= 0.6 is 23.2 Å².